The highest BCUT2D eigenvalue weighted by Gasteiger charge is 2.22. The normalized spacial score (nSPS) is 13.6. The smallest absolute Gasteiger partial charge is 0.157 e. The lowest BCUT2D eigenvalue weighted by Crippen LogP contribution is -2.13. The van der Waals surface area contributed by atoms with Crippen LogP contribution >= 0.6 is 15.9 Å². The number of aromatic nitrogens is 2. The van der Waals surface area contributed by atoms with Gasteiger partial charge in [0.05, 0.1) is 10.2 Å². The van der Waals surface area contributed by atoms with Gasteiger partial charge >= 0.3 is 0 Å². The lowest BCUT2D eigenvalue weighted by molar-refractivity contribution is 0.589. The number of anilines is 1. The zero-order chi connectivity index (χ0) is 12.5. The molecule has 1 heterocycles. The van der Waals surface area contributed by atoms with E-state index in [2.05, 4.69) is 31.2 Å². The van der Waals surface area contributed by atoms with E-state index in [1.165, 1.54) is 6.26 Å². The quantitative estimate of drug-likeness (QED) is 0.920. The van der Waals surface area contributed by atoms with Gasteiger partial charge in [0.15, 0.2) is 9.84 Å². The molecule has 90 valence electrons. The van der Waals surface area contributed by atoms with Crippen molar-refractivity contribution < 1.29 is 8.42 Å². The molecule has 0 bridgehead atoms. The molecule has 0 fully saturated rings. The molecule has 0 amide bonds. The average molecular weight is 308 g/mol. The van der Waals surface area contributed by atoms with Gasteiger partial charge in [-0.2, -0.15) is 0 Å². The van der Waals surface area contributed by atoms with Crippen LogP contribution in [-0.2, 0) is 9.84 Å². The van der Waals surface area contributed by atoms with Crippen molar-refractivity contribution in [2.45, 2.75) is 19.1 Å². The van der Waals surface area contributed by atoms with E-state index in [4.69, 9.17) is 0 Å². The highest BCUT2D eigenvalue weighted by Crippen LogP contribution is 2.26. The Morgan fingerprint density at radius 1 is 1.38 bits per heavy atom. The largest absolute Gasteiger partial charge is 0.372 e. The number of hydrogen-bond donors (Lipinski definition) is 1. The Hall–Kier alpha value is -0.690. The second-order valence-corrected chi connectivity index (χ2v) is 6.71. The molecule has 0 aromatic carbocycles. The van der Waals surface area contributed by atoms with Crippen LogP contribution in [0, 0.1) is 6.92 Å². The predicted octanol–water partition coefficient (Wildman–Crippen LogP) is 1.69. The molecule has 0 aliphatic rings. The molecule has 1 unspecified atom stereocenters. The number of rotatable bonds is 3. The van der Waals surface area contributed by atoms with Crippen molar-refractivity contribution in [1.29, 1.82) is 0 Å². The van der Waals surface area contributed by atoms with Crippen LogP contribution in [0.2, 0.25) is 0 Å². The minimum absolute atomic E-state index is 0.313. The summed E-state index contributed by atoms with van der Waals surface area (Å²) < 4.78 is 23.6. The molecule has 0 aliphatic carbocycles. The summed E-state index contributed by atoms with van der Waals surface area (Å²) in [5.74, 6) is 0.908. The molecule has 1 rings (SSSR count). The Morgan fingerprint density at radius 2 is 1.94 bits per heavy atom. The van der Waals surface area contributed by atoms with Crippen molar-refractivity contribution in [2.24, 2.45) is 0 Å². The fourth-order valence-corrected chi connectivity index (χ4v) is 1.98. The molecule has 0 aliphatic heterocycles. The van der Waals surface area contributed by atoms with E-state index >= 15 is 0 Å². The van der Waals surface area contributed by atoms with E-state index in [1.54, 1.807) is 20.9 Å². The molecule has 7 heteroatoms. The van der Waals surface area contributed by atoms with Crippen LogP contribution in [0.15, 0.2) is 4.47 Å². The van der Waals surface area contributed by atoms with E-state index in [0.29, 0.717) is 17.3 Å². The van der Waals surface area contributed by atoms with Gasteiger partial charge in [-0.25, -0.2) is 18.4 Å². The van der Waals surface area contributed by atoms with Crippen molar-refractivity contribution in [3.05, 3.63) is 16.0 Å². The number of nitrogens with one attached hydrogen (secondary N) is 1. The summed E-state index contributed by atoms with van der Waals surface area (Å²) in [5, 5.41) is 2.19. The number of nitrogens with zero attached hydrogens (tertiary/aromatic N) is 2. The number of hydrogen-bond acceptors (Lipinski definition) is 5. The topological polar surface area (TPSA) is 72.0 Å². The minimum Gasteiger partial charge on any atom is -0.372 e. The third-order valence-electron chi connectivity index (χ3n) is 2.28. The van der Waals surface area contributed by atoms with Crippen LogP contribution in [0.4, 0.5) is 5.82 Å². The highest BCUT2D eigenvalue weighted by atomic mass is 79.9. The summed E-state index contributed by atoms with van der Waals surface area (Å²) in [6.07, 6.45) is 1.18. The van der Waals surface area contributed by atoms with Gasteiger partial charge in [0, 0.05) is 13.3 Å². The van der Waals surface area contributed by atoms with Gasteiger partial charge < -0.3 is 5.32 Å². The summed E-state index contributed by atoms with van der Waals surface area (Å²) in [6.45, 7) is 3.38. The first-order valence-corrected chi connectivity index (χ1v) is 7.42. The van der Waals surface area contributed by atoms with Gasteiger partial charge in [0.1, 0.15) is 16.9 Å². The van der Waals surface area contributed by atoms with E-state index < -0.39 is 15.1 Å². The predicted molar refractivity (Wildman–Crippen MR) is 67.3 cm³/mol. The van der Waals surface area contributed by atoms with Crippen molar-refractivity contribution >= 4 is 31.6 Å². The van der Waals surface area contributed by atoms with Gasteiger partial charge in [-0.05, 0) is 29.8 Å². The lowest BCUT2D eigenvalue weighted by Gasteiger charge is -2.12. The Balaban J connectivity index is 3.32. The van der Waals surface area contributed by atoms with Crippen molar-refractivity contribution in [1.82, 2.24) is 9.97 Å². The highest BCUT2D eigenvalue weighted by molar-refractivity contribution is 9.10. The van der Waals surface area contributed by atoms with Gasteiger partial charge in [-0.1, -0.05) is 0 Å². The van der Waals surface area contributed by atoms with Crippen LogP contribution in [0.5, 0.6) is 0 Å². The standard InChI is InChI=1S/C9H14BrN3O2S/c1-5-7(10)9(11-3)13-8(12-5)6(2)16(4,14)15/h6H,1-4H3,(H,11,12,13). The number of sulfone groups is 1. The summed E-state index contributed by atoms with van der Waals surface area (Å²) in [5.41, 5.74) is 0.713. The second-order valence-electron chi connectivity index (χ2n) is 3.55. The van der Waals surface area contributed by atoms with E-state index in [1.807, 2.05) is 0 Å². The van der Waals surface area contributed by atoms with Gasteiger partial charge in [0.2, 0.25) is 0 Å². The summed E-state index contributed by atoms with van der Waals surface area (Å²) in [6, 6.07) is 0. The van der Waals surface area contributed by atoms with E-state index in [9.17, 15) is 8.42 Å². The summed E-state index contributed by atoms with van der Waals surface area (Å²) in [4.78, 5) is 8.34. The Kier molecular flexibility index (Phi) is 3.90. The zero-order valence-electron chi connectivity index (χ0n) is 9.57. The van der Waals surface area contributed by atoms with Gasteiger partial charge in [-0.3, -0.25) is 0 Å². The second kappa shape index (κ2) is 4.67. The molecule has 5 nitrogen and oxygen atoms in total. The average Bonchev–Trinajstić information content (AvgIpc) is 2.19. The molecule has 1 N–H and O–H groups in total. The molecule has 0 spiro atoms. The molecule has 16 heavy (non-hydrogen) atoms. The molecule has 0 saturated carbocycles. The van der Waals surface area contributed by atoms with Gasteiger partial charge in [-0.15, -0.1) is 0 Å². The Bertz CT molecular complexity index is 502. The van der Waals surface area contributed by atoms with Crippen LogP contribution in [0.1, 0.15) is 23.7 Å². The number of halogens is 1. The summed E-state index contributed by atoms with van der Waals surface area (Å²) in [7, 11) is -1.45. The van der Waals surface area contributed by atoms with Crippen molar-refractivity contribution in [3.63, 3.8) is 0 Å². The monoisotopic (exact) mass is 307 g/mol. The molecule has 0 saturated heterocycles. The lowest BCUT2D eigenvalue weighted by atomic mass is 10.3. The van der Waals surface area contributed by atoms with E-state index in [0.717, 1.165) is 4.47 Å². The van der Waals surface area contributed by atoms with Crippen LogP contribution < -0.4 is 5.32 Å². The zero-order valence-corrected chi connectivity index (χ0v) is 12.0. The molecule has 0 radical (unpaired) electrons. The molecular weight excluding hydrogens is 294 g/mol. The Morgan fingerprint density at radius 3 is 2.38 bits per heavy atom. The molecule has 1 aromatic heterocycles. The third kappa shape index (κ3) is 2.70. The van der Waals surface area contributed by atoms with Gasteiger partial charge in [0.25, 0.3) is 0 Å². The fraction of sp³-hybridized carbons (Fsp3) is 0.556. The fourth-order valence-electron chi connectivity index (χ4n) is 1.12. The first-order chi connectivity index (χ1) is 7.27. The number of aryl methyl sites for hydroxylation is 1. The summed E-state index contributed by atoms with van der Waals surface area (Å²) >= 11 is 3.34. The van der Waals surface area contributed by atoms with Crippen molar-refractivity contribution in [2.75, 3.05) is 18.6 Å². The van der Waals surface area contributed by atoms with E-state index in [-0.39, 0.29) is 0 Å². The maximum atomic E-state index is 11.4. The third-order valence-corrected chi connectivity index (χ3v) is 4.72. The van der Waals surface area contributed by atoms with Crippen LogP contribution in [-0.4, -0.2) is 31.7 Å². The Labute approximate surface area is 104 Å². The molecular formula is C9H14BrN3O2S. The maximum Gasteiger partial charge on any atom is 0.157 e. The first kappa shape index (κ1) is 13.4. The van der Waals surface area contributed by atoms with Crippen LogP contribution in [0.3, 0.4) is 0 Å². The first-order valence-electron chi connectivity index (χ1n) is 4.68. The molecule has 1 aromatic rings. The minimum atomic E-state index is -3.18. The van der Waals surface area contributed by atoms with Crippen molar-refractivity contribution in [3.8, 4) is 0 Å². The SMILES string of the molecule is CNc1nc(C(C)S(C)(=O)=O)nc(C)c1Br. The maximum absolute atomic E-state index is 11.4. The molecule has 1 atom stereocenters. The van der Waals surface area contributed by atoms with Crippen LogP contribution in [0.25, 0.3) is 0 Å².